The molecule has 0 atom stereocenters. The molecule has 0 unspecified atom stereocenters. The third-order valence-corrected chi connectivity index (χ3v) is 6.81. The van der Waals surface area contributed by atoms with E-state index in [1.54, 1.807) is 24.3 Å². The maximum absolute atomic E-state index is 13.5. The number of nitrogens with one attached hydrogen (secondary N) is 3. The third-order valence-electron chi connectivity index (χ3n) is 6.81. The first kappa shape index (κ1) is 36.9. The summed E-state index contributed by atoms with van der Waals surface area (Å²) in [7, 11) is 1.27. The van der Waals surface area contributed by atoms with Gasteiger partial charge in [0.15, 0.2) is 11.3 Å². The summed E-state index contributed by atoms with van der Waals surface area (Å²) in [5, 5.41) is 23.2. The Balaban J connectivity index is 0.000000283. The Morgan fingerprint density at radius 3 is 2.24 bits per heavy atom. The molecular weight excluding hydrogens is 647 g/mol. The molecule has 5 rings (SSSR count). The number of rotatable bonds is 11. The highest BCUT2D eigenvalue weighted by Gasteiger charge is 2.21. The van der Waals surface area contributed by atoms with Crippen molar-refractivity contribution in [1.82, 2.24) is 25.2 Å². The molecule has 0 radical (unpaired) electrons. The predicted octanol–water partition coefficient (Wildman–Crippen LogP) is 0.974. The van der Waals surface area contributed by atoms with E-state index in [1.165, 1.54) is 25.3 Å². The number of benzene rings is 2. The molecule has 18 heteroatoms. The molecule has 0 aliphatic rings. The lowest BCUT2D eigenvalue weighted by molar-refractivity contribution is 0.0599. The molecule has 0 fully saturated rings. The molecule has 5 aromatic rings. The number of carboxylic acids is 1. The number of carboxylic acid groups (broad SMARTS) is 1. The summed E-state index contributed by atoms with van der Waals surface area (Å²) in [5.41, 5.74) is 12.1. The van der Waals surface area contributed by atoms with Crippen molar-refractivity contribution in [2.45, 2.75) is 27.1 Å². The van der Waals surface area contributed by atoms with E-state index in [-0.39, 0.29) is 61.2 Å². The van der Waals surface area contributed by atoms with E-state index in [4.69, 9.17) is 16.7 Å². The van der Waals surface area contributed by atoms with Gasteiger partial charge in [-0.1, -0.05) is 25.6 Å². The monoisotopic (exact) mass is 678 g/mol. The van der Waals surface area contributed by atoms with Gasteiger partial charge in [0.05, 0.1) is 12.7 Å². The van der Waals surface area contributed by atoms with Gasteiger partial charge in [0.25, 0.3) is 22.7 Å². The predicted molar refractivity (Wildman–Crippen MR) is 172 cm³/mol. The van der Waals surface area contributed by atoms with Gasteiger partial charge in [0.2, 0.25) is 0 Å². The molecule has 0 saturated heterocycles. The minimum absolute atomic E-state index is 0. The number of fused-ring (bicyclic) bond motifs is 1. The van der Waals surface area contributed by atoms with Crippen molar-refractivity contribution in [3.8, 4) is 0 Å². The maximum atomic E-state index is 13.5. The number of methoxy groups -OCH3 is 1. The summed E-state index contributed by atoms with van der Waals surface area (Å²) in [4.78, 5) is 76.7. The largest absolute Gasteiger partial charge is 0.477 e. The lowest BCUT2D eigenvalue weighted by Gasteiger charge is -2.11. The SMILES string of the molecule is C.COC(=O)c1ccc(CNC(=O)c2cc(C(=O)O)n3cnc(C(N)=O)c3n2)cc1.Nc1c(NCc2cc(CNO)ccc2F)c(=O)c1=O. The summed E-state index contributed by atoms with van der Waals surface area (Å²) in [6.07, 6.45) is 1.09. The topological polar surface area (TPSA) is 270 Å². The number of carbonyl (C=O) groups is 4. The number of carbonyl (C=O) groups excluding carboxylic acids is 3. The van der Waals surface area contributed by atoms with Crippen LogP contribution in [0.25, 0.3) is 5.65 Å². The van der Waals surface area contributed by atoms with Crippen molar-refractivity contribution in [2.24, 2.45) is 5.73 Å². The molecule has 0 bridgehead atoms. The fraction of sp³-hybridized carbons (Fsp3) is 0.161. The number of anilines is 2. The number of esters is 1. The van der Waals surface area contributed by atoms with Gasteiger partial charge in [-0.25, -0.2) is 29.4 Å². The summed E-state index contributed by atoms with van der Waals surface area (Å²) in [6, 6.07) is 11.7. The van der Waals surface area contributed by atoms with Crippen LogP contribution in [-0.2, 0) is 24.4 Å². The number of ether oxygens (including phenoxy) is 1. The van der Waals surface area contributed by atoms with E-state index in [2.05, 4.69) is 25.3 Å². The second-order valence-electron chi connectivity index (χ2n) is 9.92. The van der Waals surface area contributed by atoms with Crippen molar-refractivity contribution in [3.63, 3.8) is 0 Å². The highest BCUT2D eigenvalue weighted by atomic mass is 19.1. The van der Waals surface area contributed by atoms with Gasteiger partial charge in [0.1, 0.15) is 34.9 Å². The first-order valence-corrected chi connectivity index (χ1v) is 13.7. The summed E-state index contributed by atoms with van der Waals surface area (Å²) in [5.74, 6) is -3.83. The molecule has 0 spiro atoms. The lowest BCUT2D eigenvalue weighted by Crippen LogP contribution is -2.37. The van der Waals surface area contributed by atoms with E-state index >= 15 is 0 Å². The average Bonchev–Trinajstić information content (AvgIpc) is 3.52. The molecule has 2 amide bonds. The Kier molecular flexibility index (Phi) is 11.9. The molecule has 256 valence electrons. The van der Waals surface area contributed by atoms with E-state index in [1.807, 2.05) is 5.48 Å². The van der Waals surface area contributed by atoms with Crippen molar-refractivity contribution >= 4 is 40.8 Å². The maximum Gasteiger partial charge on any atom is 0.353 e. The Morgan fingerprint density at radius 2 is 1.65 bits per heavy atom. The molecular formula is C31H31FN8O9. The number of nitrogens with zero attached hydrogens (tertiary/aromatic N) is 3. The Morgan fingerprint density at radius 1 is 0.980 bits per heavy atom. The van der Waals surface area contributed by atoms with Gasteiger partial charge < -0.3 is 37.2 Å². The van der Waals surface area contributed by atoms with Crippen molar-refractivity contribution in [1.29, 1.82) is 0 Å². The van der Waals surface area contributed by atoms with Crippen molar-refractivity contribution < 1.29 is 38.6 Å². The standard InChI is InChI=1S/C18H15N5O6.C12H12FN3O3.CH4/c1-29-18(28)10-4-2-9(3-5-10)7-20-16(25)11-6-12(17(26)27)23-8-21-13(14(19)24)15(23)22-11;13-8-2-1-6(4-16-19)3-7(8)5-15-10-9(14)11(17)12(10)18;/h2-6,8H,7H2,1H3,(H2,19,24)(H,20,25)(H,26,27);1-3,15-16,19H,4-5,14H2;1H4. The molecule has 0 aliphatic carbocycles. The number of imidazole rings is 1. The quantitative estimate of drug-likeness (QED) is 0.0583. The fourth-order valence-corrected chi connectivity index (χ4v) is 4.31. The van der Waals surface area contributed by atoms with Gasteiger partial charge in [-0.15, -0.1) is 0 Å². The van der Waals surface area contributed by atoms with Crippen LogP contribution >= 0.6 is 0 Å². The Hall–Kier alpha value is -6.53. The van der Waals surface area contributed by atoms with Gasteiger partial charge in [-0.2, -0.15) is 0 Å². The minimum Gasteiger partial charge on any atom is -0.477 e. The van der Waals surface area contributed by atoms with Crippen LogP contribution < -0.4 is 38.4 Å². The molecule has 2 aromatic heterocycles. The highest BCUT2D eigenvalue weighted by molar-refractivity contribution is 6.00. The Bertz CT molecular complexity index is 2110. The first-order chi connectivity index (χ1) is 22.9. The van der Waals surface area contributed by atoms with E-state index < -0.39 is 40.4 Å². The molecule has 9 N–H and O–H groups in total. The smallest absolute Gasteiger partial charge is 0.353 e. The van der Waals surface area contributed by atoms with Crippen molar-refractivity contribution in [2.75, 3.05) is 18.2 Å². The van der Waals surface area contributed by atoms with E-state index in [9.17, 15) is 38.3 Å². The zero-order valence-corrected chi connectivity index (χ0v) is 24.9. The van der Waals surface area contributed by atoms with E-state index in [0.29, 0.717) is 22.3 Å². The molecule has 17 nitrogen and oxygen atoms in total. The second kappa shape index (κ2) is 15.8. The number of nitrogen functional groups attached to an aromatic ring is 1. The third kappa shape index (κ3) is 8.25. The van der Waals surface area contributed by atoms with Crippen LogP contribution in [0.2, 0.25) is 0 Å². The second-order valence-corrected chi connectivity index (χ2v) is 9.92. The van der Waals surface area contributed by atoms with Crippen LogP contribution in [0.3, 0.4) is 0 Å². The van der Waals surface area contributed by atoms with Gasteiger partial charge in [-0.05, 0) is 35.4 Å². The summed E-state index contributed by atoms with van der Waals surface area (Å²) in [6.45, 7) is 0.299. The molecule has 49 heavy (non-hydrogen) atoms. The number of hydroxylamine groups is 1. The van der Waals surface area contributed by atoms with Crippen LogP contribution in [0.15, 0.2) is 64.4 Å². The zero-order chi connectivity index (χ0) is 35.1. The van der Waals surface area contributed by atoms with Gasteiger partial charge in [0, 0.05) is 31.3 Å². The Labute approximate surface area is 276 Å². The number of aromatic nitrogens is 3. The first-order valence-electron chi connectivity index (χ1n) is 13.7. The average molecular weight is 679 g/mol. The summed E-state index contributed by atoms with van der Waals surface area (Å²) >= 11 is 0. The lowest BCUT2D eigenvalue weighted by atomic mass is 10.1. The molecule has 2 heterocycles. The minimum atomic E-state index is -1.33. The number of hydrogen-bond donors (Lipinski definition) is 7. The van der Waals surface area contributed by atoms with Crippen LogP contribution in [0.1, 0.15) is 65.9 Å². The van der Waals surface area contributed by atoms with Gasteiger partial charge >= 0.3 is 11.9 Å². The number of aromatic carboxylic acids is 1. The van der Waals surface area contributed by atoms with Crippen LogP contribution in [-0.4, -0.2) is 55.5 Å². The normalized spacial score (nSPS) is 10.4. The molecule has 0 saturated carbocycles. The highest BCUT2D eigenvalue weighted by Crippen LogP contribution is 2.16. The fourth-order valence-electron chi connectivity index (χ4n) is 4.31. The number of hydrogen-bond acceptors (Lipinski definition) is 13. The molecule has 3 aromatic carbocycles. The zero-order valence-electron chi connectivity index (χ0n) is 24.9. The number of amides is 2. The molecule has 0 aliphatic heterocycles. The van der Waals surface area contributed by atoms with Crippen LogP contribution in [0, 0.1) is 5.82 Å². The number of halogens is 1. The van der Waals surface area contributed by atoms with Crippen LogP contribution in [0.4, 0.5) is 15.8 Å². The van der Waals surface area contributed by atoms with Gasteiger partial charge in [-0.3, -0.25) is 23.6 Å². The van der Waals surface area contributed by atoms with Crippen molar-refractivity contribution in [3.05, 3.63) is 120 Å². The summed E-state index contributed by atoms with van der Waals surface area (Å²) < 4.78 is 19.2. The van der Waals surface area contributed by atoms with Crippen LogP contribution in [0.5, 0.6) is 0 Å². The van der Waals surface area contributed by atoms with E-state index in [0.717, 1.165) is 16.8 Å². The number of nitrogens with two attached hydrogens (primary N) is 2. The number of primary amides is 1.